The summed E-state index contributed by atoms with van der Waals surface area (Å²) < 4.78 is 0. The molecule has 0 aliphatic heterocycles. The monoisotopic (exact) mass is 215 g/mol. The van der Waals surface area contributed by atoms with Crippen molar-refractivity contribution in [2.45, 2.75) is 48.0 Å². The standard InChI is InChI=1S/C7H12.C2H5NO.2C2H6/c1-3-5-7-6-4-2;3-1-2-4;2*1-2/h3,5-7H,4H2,1-2H3;2H,1,3H2;2*1-2H3/b5-3-,7-6-;;;. The minimum Gasteiger partial charge on any atom is -0.324 e. The fourth-order valence-corrected chi connectivity index (χ4v) is 0.326. The van der Waals surface area contributed by atoms with Gasteiger partial charge in [0.2, 0.25) is 0 Å². The first-order valence-electron chi connectivity index (χ1n) is 5.74. The molecule has 0 bridgehead atoms. The third kappa shape index (κ3) is 95.8. The van der Waals surface area contributed by atoms with E-state index in [9.17, 15) is 0 Å². The van der Waals surface area contributed by atoms with Gasteiger partial charge in [0.1, 0.15) is 6.29 Å². The highest BCUT2D eigenvalue weighted by Crippen LogP contribution is 1.79. The van der Waals surface area contributed by atoms with Gasteiger partial charge in [0, 0.05) is 6.54 Å². The number of carbonyl (C=O) groups excluding carboxylic acids is 1. The summed E-state index contributed by atoms with van der Waals surface area (Å²) in [6.07, 6.45) is 10.0. The summed E-state index contributed by atoms with van der Waals surface area (Å²) in [5.41, 5.74) is 4.66. The number of carbonyl (C=O) groups is 1. The normalized spacial score (nSPS) is 7.93. The van der Waals surface area contributed by atoms with Gasteiger partial charge in [0.15, 0.2) is 0 Å². The van der Waals surface area contributed by atoms with E-state index in [0.717, 1.165) is 6.42 Å². The molecule has 0 rings (SSSR count). The molecule has 0 spiro atoms. The molecule has 0 aliphatic carbocycles. The summed E-state index contributed by atoms with van der Waals surface area (Å²) in [6, 6.07) is 0. The predicted molar refractivity (Wildman–Crippen MR) is 72.1 cm³/mol. The van der Waals surface area contributed by atoms with Gasteiger partial charge in [0.05, 0.1) is 0 Å². The van der Waals surface area contributed by atoms with E-state index in [1.807, 2.05) is 46.8 Å². The molecule has 0 amide bonds. The van der Waals surface area contributed by atoms with Gasteiger partial charge in [0.25, 0.3) is 0 Å². The highest BCUT2D eigenvalue weighted by Gasteiger charge is 1.57. The third-order valence-corrected chi connectivity index (χ3v) is 0.772. The van der Waals surface area contributed by atoms with Crippen LogP contribution in [-0.4, -0.2) is 12.8 Å². The van der Waals surface area contributed by atoms with Crippen LogP contribution >= 0.6 is 0 Å². The summed E-state index contributed by atoms with van der Waals surface area (Å²) in [4.78, 5) is 9.05. The molecular formula is C13H29NO. The number of rotatable bonds is 3. The molecule has 0 fully saturated rings. The largest absolute Gasteiger partial charge is 0.324 e. The second-order valence-electron chi connectivity index (χ2n) is 1.76. The minimum absolute atomic E-state index is 0.139. The number of nitrogens with two attached hydrogens (primary N) is 1. The first-order chi connectivity index (χ1) is 7.33. The summed E-state index contributed by atoms with van der Waals surface area (Å²) in [7, 11) is 0. The van der Waals surface area contributed by atoms with Crippen LogP contribution in [0, 0.1) is 0 Å². The second-order valence-corrected chi connectivity index (χ2v) is 1.76. The van der Waals surface area contributed by atoms with E-state index in [2.05, 4.69) is 24.8 Å². The van der Waals surface area contributed by atoms with Gasteiger partial charge in [-0.1, -0.05) is 58.9 Å². The van der Waals surface area contributed by atoms with E-state index in [4.69, 9.17) is 4.79 Å². The Morgan fingerprint density at radius 2 is 1.47 bits per heavy atom. The van der Waals surface area contributed by atoms with E-state index < -0.39 is 0 Å². The molecule has 2 heteroatoms. The van der Waals surface area contributed by atoms with Crippen LogP contribution in [0.1, 0.15) is 48.0 Å². The van der Waals surface area contributed by atoms with Crippen molar-refractivity contribution in [1.29, 1.82) is 0 Å². The molecule has 15 heavy (non-hydrogen) atoms. The molecule has 0 aromatic rings. The molecule has 0 aromatic heterocycles. The zero-order valence-corrected chi connectivity index (χ0v) is 11.3. The molecule has 0 aromatic carbocycles. The Labute approximate surface area is 96.3 Å². The fourth-order valence-electron chi connectivity index (χ4n) is 0.326. The van der Waals surface area contributed by atoms with Crippen LogP contribution in [0.25, 0.3) is 0 Å². The van der Waals surface area contributed by atoms with Crippen molar-refractivity contribution < 1.29 is 4.79 Å². The Bertz CT molecular complexity index is 118. The number of hydrogen-bond donors (Lipinski definition) is 1. The van der Waals surface area contributed by atoms with Gasteiger partial charge in [-0.3, -0.25) is 0 Å². The van der Waals surface area contributed by atoms with Crippen LogP contribution in [0.15, 0.2) is 24.3 Å². The van der Waals surface area contributed by atoms with E-state index in [1.165, 1.54) is 0 Å². The van der Waals surface area contributed by atoms with Crippen molar-refractivity contribution in [3.05, 3.63) is 24.3 Å². The molecule has 0 saturated heterocycles. The average Bonchev–Trinajstić information content (AvgIpc) is 2.35. The van der Waals surface area contributed by atoms with Gasteiger partial charge >= 0.3 is 0 Å². The van der Waals surface area contributed by atoms with Gasteiger partial charge < -0.3 is 10.5 Å². The van der Waals surface area contributed by atoms with Crippen LogP contribution in [0.3, 0.4) is 0 Å². The third-order valence-electron chi connectivity index (χ3n) is 0.772. The minimum atomic E-state index is 0.139. The van der Waals surface area contributed by atoms with E-state index in [0.29, 0.717) is 6.29 Å². The quantitative estimate of drug-likeness (QED) is 0.576. The maximum Gasteiger partial charge on any atom is 0.133 e. The highest BCUT2D eigenvalue weighted by molar-refractivity contribution is 5.51. The first-order valence-corrected chi connectivity index (χ1v) is 5.74. The Hall–Kier alpha value is -0.890. The maximum absolute atomic E-state index is 9.05. The maximum atomic E-state index is 9.05. The number of hydrogen-bond acceptors (Lipinski definition) is 2. The molecule has 2 nitrogen and oxygen atoms in total. The van der Waals surface area contributed by atoms with Gasteiger partial charge in [-0.25, -0.2) is 0 Å². The van der Waals surface area contributed by atoms with Crippen molar-refractivity contribution in [1.82, 2.24) is 0 Å². The lowest BCUT2D eigenvalue weighted by atomic mass is 10.4. The van der Waals surface area contributed by atoms with Crippen molar-refractivity contribution in [3.8, 4) is 0 Å². The van der Waals surface area contributed by atoms with E-state index in [1.54, 1.807) is 0 Å². The molecule has 0 aliphatic rings. The molecule has 2 N–H and O–H groups in total. The lowest BCUT2D eigenvalue weighted by Gasteiger charge is -1.70. The van der Waals surface area contributed by atoms with Crippen LogP contribution in [-0.2, 0) is 4.79 Å². The topological polar surface area (TPSA) is 43.1 Å². The first kappa shape index (κ1) is 23.7. The molecule has 0 atom stereocenters. The van der Waals surface area contributed by atoms with Crippen LogP contribution in [0.2, 0.25) is 0 Å². The molecular weight excluding hydrogens is 186 g/mol. The predicted octanol–water partition coefficient (Wildman–Crippen LogP) is 3.73. The summed E-state index contributed by atoms with van der Waals surface area (Å²) in [5, 5.41) is 0. The second kappa shape index (κ2) is 51.5. The van der Waals surface area contributed by atoms with Gasteiger partial charge in [-0.05, 0) is 13.3 Å². The smallest absolute Gasteiger partial charge is 0.133 e. The zero-order valence-electron chi connectivity index (χ0n) is 11.3. The zero-order chi connectivity index (χ0) is 12.9. The summed E-state index contributed by atoms with van der Waals surface area (Å²) in [6.45, 7) is 12.3. The Balaban J connectivity index is -0.0000000647. The fraction of sp³-hybridized carbons (Fsp3) is 0.615. The van der Waals surface area contributed by atoms with Crippen molar-refractivity contribution in [3.63, 3.8) is 0 Å². The molecule has 92 valence electrons. The SMILES string of the molecule is C/C=C\C=C/CC.CC.CC.NCC=O. The number of allylic oxidation sites excluding steroid dienone is 4. The van der Waals surface area contributed by atoms with Crippen LogP contribution in [0.5, 0.6) is 0 Å². The molecule has 0 saturated carbocycles. The lowest BCUT2D eigenvalue weighted by molar-refractivity contribution is -0.106. The van der Waals surface area contributed by atoms with E-state index >= 15 is 0 Å². The van der Waals surface area contributed by atoms with Gasteiger partial charge in [-0.15, -0.1) is 0 Å². The summed E-state index contributed by atoms with van der Waals surface area (Å²) >= 11 is 0. The lowest BCUT2D eigenvalue weighted by Crippen LogP contribution is -1.97. The number of aldehydes is 1. The summed E-state index contributed by atoms with van der Waals surface area (Å²) in [5.74, 6) is 0. The Morgan fingerprint density at radius 1 is 1.07 bits per heavy atom. The highest BCUT2D eigenvalue weighted by atomic mass is 16.1. The van der Waals surface area contributed by atoms with Crippen molar-refractivity contribution >= 4 is 6.29 Å². The average molecular weight is 215 g/mol. The molecule has 0 unspecified atom stereocenters. The van der Waals surface area contributed by atoms with E-state index in [-0.39, 0.29) is 6.54 Å². The van der Waals surface area contributed by atoms with Crippen molar-refractivity contribution in [2.24, 2.45) is 5.73 Å². The van der Waals surface area contributed by atoms with Crippen LogP contribution in [0.4, 0.5) is 0 Å². The molecule has 0 heterocycles. The van der Waals surface area contributed by atoms with Gasteiger partial charge in [-0.2, -0.15) is 0 Å². The van der Waals surface area contributed by atoms with Crippen molar-refractivity contribution in [2.75, 3.05) is 6.54 Å². The Morgan fingerprint density at radius 3 is 1.67 bits per heavy atom. The molecule has 0 radical (unpaired) electrons. The van der Waals surface area contributed by atoms with Crippen LogP contribution < -0.4 is 5.73 Å². The Kier molecular flexibility index (Phi) is 81.5.